The summed E-state index contributed by atoms with van der Waals surface area (Å²) in [6, 6.07) is 9.28. The van der Waals surface area contributed by atoms with Gasteiger partial charge in [0, 0.05) is 38.6 Å². The summed E-state index contributed by atoms with van der Waals surface area (Å²) in [6.45, 7) is 1.34. The lowest BCUT2D eigenvalue weighted by atomic mass is 9.88. The van der Waals surface area contributed by atoms with Crippen LogP contribution in [0, 0.1) is 11.8 Å². The van der Waals surface area contributed by atoms with Gasteiger partial charge in [0.2, 0.25) is 10.0 Å². The molecule has 0 bridgehead atoms. The number of hydrogen-bond acceptors (Lipinski definition) is 5. The summed E-state index contributed by atoms with van der Waals surface area (Å²) in [5, 5.41) is 0. The Bertz CT molecular complexity index is 952. The normalized spacial score (nSPS) is 24.5. The molecule has 0 radical (unpaired) electrons. The maximum atomic E-state index is 12.9. The molecule has 0 spiro atoms. The molecule has 1 aliphatic carbocycles. The molecule has 0 N–H and O–H groups in total. The zero-order valence-electron chi connectivity index (χ0n) is 16.5. The molecule has 0 unspecified atom stereocenters. The zero-order valence-corrected chi connectivity index (χ0v) is 17.3. The van der Waals surface area contributed by atoms with E-state index in [0.717, 1.165) is 24.8 Å². The Labute approximate surface area is 171 Å². The van der Waals surface area contributed by atoms with E-state index in [-0.39, 0.29) is 17.7 Å². The lowest BCUT2D eigenvalue weighted by Gasteiger charge is -2.34. The smallest absolute Gasteiger partial charge is 0.274 e. The lowest BCUT2D eigenvalue weighted by Crippen LogP contribution is -2.42. The number of piperidine rings is 1. The number of amides is 1. The number of carbonyl (C=O) groups excluding carboxylic acids is 1. The van der Waals surface area contributed by atoms with Crippen LogP contribution in [0.15, 0.2) is 48.9 Å². The van der Waals surface area contributed by atoms with Crippen molar-refractivity contribution in [3.05, 3.63) is 60.2 Å². The standard InChI is InChI=1S/C21H26N4O3S/c1-24(29(27,28)15-16-5-3-2-4-6-16)19-11-17-7-10-25(14-18(17)12-19)21(26)20-13-22-8-9-23-20/h2-6,8-9,13,17-19H,7,10-12,14-15H2,1H3/t17-,18-,19+/m1/s1. The SMILES string of the molecule is CN([C@H]1C[C@H]2CCN(C(=O)c3cnccn3)C[C@H]2C1)S(=O)(=O)Cc1ccccc1. The van der Waals surface area contributed by atoms with Crippen LogP contribution in [0.5, 0.6) is 0 Å². The molecule has 7 nitrogen and oxygen atoms in total. The molecule has 8 heteroatoms. The molecule has 1 aromatic heterocycles. The van der Waals surface area contributed by atoms with E-state index in [9.17, 15) is 13.2 Å². The van der Waals surface area contributed by atoms with Crippen LogP contribution in [0.4, 0.5) is 0 Å². The minimum Gasteiger partial charge on any atom is -0.337 e. The van der Waals surface area contributed by atoms with Gasteiger partial charge in [0.05, 0.1) is 11.9 Å². The van der Waals surface area contributed by atoms with Crippen LogP contribution >= 0.6 is 0 Å². The van der Waals surface area contributed by atoms with Gasteiger partial charge in [0.15, 0.2) is 0 Å². The first-order chi connectivity index (χ1) is 13.9. The van der Waals surface area contributed by atoms with E-state index in [1.807, 2.05) is 35.2 Å². The second-order valence-corrected chi connectivity index (χ2v) is 10.1. The van der Waals surface area contributed by atoms with Crippen molar-refractivity contribution >= 4 is 15.9 Å². The van der Waals surface area contributed by atoms with Crippen molar-refractivity contribution in [3.63, 3.8) is 0 Å². The highest BCUT2D eigenvalue weighted by Crippen LogP contribution is 2.41. The number of carbonyl (C=O) groups is 1. The summed E-state index contributed by atoms with van der Waals surface area (Å²) < 4.78 is 27.4. The van der Waals surface area contributed by atoms with Crippen LogP contribution in [-0.4, -0.2) is 59.7 Å². The topological polar surface area (TPSA) is 83.5 Å². The summed E-state index contributed by atoms with van der Waals surface area (Å²) >= 11 is 0. The van der Waals surface area contributed by atoms with E-state index in [2.05, 4.69) is 9.97 Å². The van der Waals surface area contributed by atoms with E-state index in [0.29, 0.717) is 30.6 Å². The van der Waals surface area contributed by atoms with E-state index < -0.39 is 10.0 Å². The van der Waals surface area contributed by atoms with Gasteiger partial charge in [-0.05, 0) is 36.7 Å². The second-order valence-electron chi connectivity index (χ2n) is 8.03. The van der Waals surface area contributed by atoms with E-state index >= 15 is 0 Å². The van der Waals surface area contributed by atoms with E-state index in [1.54, 1.807) is 17.5 Å². The molecule has 2 heterocycles. The molecule has 1 saturated carbocycles. The van der Waals surface area contributed by atoms with Crippen molar-refractivity contribution in [2.45, 2.75) is 31.1 Å². The van der Waals surface area contributed by atoms with E-state index in [1.165, 1.54) is 12.4 Å². The molecule has 4 rings (SSSR count). The number of hydrogen-bond donors (Lipinski definition) is 0. The van der Waals surface area contributed by atoms with Crippen LogP contribution in [0.25, 0.3) is 0 Å². The average molecular weight is 415 g/mol. The molecule has 3 atom stereocenters. The van der Waals surface area contributed by atoms with Gasteiger partial charge in [0.25, 0.3) is 5.91 Å². The molecule has 154 valence electrons. The predicted octanol–water partition coefficient (Wildman–Crippen LogP) is 2.18. The van der Waals surface area contributed by atoms with Crippen LogP contribution < -0.4 is 0 Å². The van der Waals surface area contributed by atoms with Crippen molar-refractivity contribution in [3.8, 4) is 0 Å². The van der Waals surface area contributed by atoms with Crippen molar-refractivity contribution in [2.24, 2.45) is 11.8 Å². The van der Waals surface area contributed by atoms with Crippen molar-refractivity contribution in [2.75, 3.05) is 20.1 Å². The first-order valence-electron chi connectivity index (χ1n) is 9.99. The molecule has 29 heavy (non-hydrogen) atoms. The summed E-state index contributed by atoms with van der Waals surface area (Å²) in [5.74, 6) is 0.710. The first kappa shape index (κ1) is 20.0. The molecular formula is C21H26N4O3S. The van der Waals surface area contributed by atoms with Gasteiger partial charge in [-0.1, -0.05) is 30.3 Å². The number of likely N-dealkylation sites (tertiary alicyclic amines) is 1. The van der Waals surface area contributed by atoms with E-state index in [4.69, 9.17) is 0 Å². The highest BCUT2D eigenvalue weighted by atomic mass is 32.2. The molecular weight excluding hydrogens is 388 g/mol. The molecule has 2 aliphatic rings. The number of benzene rings is 1. The van der Waals surface area contributed by atoms with Gasteiger partial charge in [0.1, 0.15) is 5.69 Å². The van der Waals surface area contributed by atoms with Gasteiger partial charge >= 0.3 is 0 Å². The van der Waals surface area contributed by atoms with Gasteiger partial charge in [-0.25, -0.2) is 17.7 Å². The largest absolute Gasteiger partial charge is 0.337 e. The Morgan fingerprint density at radius 2 is 1.93 bits per heavy atom. The second kappa shape index (κ2) is 8.20. The molecule has 1 saturated heterocycles. The Hall–Kier alpha value is -2.32. The van der Waals surface area contributed by atoms with Crippen LogP contribution in [-0.2, 0) is 15.8 Å². The number of fused-ring (bicyclic) bond motifs is 1. The third-order valence-corrected chi connectivity index (χ3v) is 8.13. The minimum atomic E-state index is -3.38. The van der Waals surface area contributed by atoms with Crippen molar-refractivity contribution < 1.29 is 13.2 Å². The summed E-state index contributed by atoms with van der Waals surface area (Å²) in [7, 11) is -1.68. The summed E-state index contributed by atoms with van der Waals surface area (Å²) in [5.41, 5.74) is 1.17. The van der Waals surface area contributed by atoms with Gasteiger partial charge in [-0.2, -0.15) is 0 Å². The number of nitrogens with zero attached hydrogens (tertiary/aromatic N) is 4. The molecule has 1 amide bonds. The molecule has 2 fully saturated rings. The Balaban J connectivity index is 1.40. The highest BCUT2D eigenvalue weighted by molar-refractivity contribution is 7.88. The maximum Gasteiger partial charge on any atom is 0.274 e. The Morgan fingerprint density at radius 1 is 1.17 bits per heavy atom. The van der Waals surface area contributed by atoms with Crippen molar-refractivity contribution in [1.82, 2.24) is 19.2 Å². The van der Waals surface area contributed by atoms with Crippen LogP contribution in [0.2, 0.25) is 0 Å². The number of aromatic nitrogens is 2. The fourth-order valence-corrected chi connectivity index (χ4v) is 6.06. The zero-order chi connectivity index (χ0) is 20.4. The average Bonchev–Trinajstić information content (AvgIpc) is 3.17. The lowest BCUT2D eigenvalue weighted by molar-refractivity contribution is 0.0620. The quantitative estimate of drug-likeness (QED) is 0.749. The monoisotopic (exact) mass is 414 g/mol. The van der Waals surface area contributed by atoms with Crippen LogP contribution in [0.3, 0.4) is 0 Å². The molecule has 1 aromatic carbocycles. The maximum absolute atomic E-state index is 12.9. The first-order valence-corrected chi connectivity index (χ1v) is 11.6. The number of sulfonamides is 1. The predicted molar refractivity (Wildman–Crippen MR) is 109 cm³/mol. The number of rotatable bonds is 5. The fourth-order valence-electron chi connectivity index (χ4n) is 4.62. The highest BCUT2D eigenvalue weighted by Gasteiger charge is 2.42. The fraction of sp³-hybridized carbons (Fsp3) is 0.476. The third kappa shape index (κ3) is 4.33. The summed E-state index contributed by atoms with van der Waals surface area (Å²) in [6.07, 6.45) is 7.13. The molecule has 1 aliphatic heterocycles. The van der Waals surface area contributed by atoms with Crippen LogP contribution in [0.1, 0.15) is 35.3 Å². The third-order valence-electron chi connectivity index (χ3n) is 6.26. The van der Waals surface area contributed by atoms with Gasteiger partial charge in [-0.15, -0.1) is 0 Å². The molecule has 2 aromatic rings. The Morgan fingerprint density at radius 3 is 2.66 bits per heavy atom. The minimum absolute atomic E-state index is 0.00900. The van der Waals surface area contributed by atoms with Gasteiger partial charge in [-0.3, -0.25) is 9.78 Å². The van der Waals surface area contributed by atoms with Crippen molar-refractivity contribution in [1.29, 1.82) is 0 Å². The Kier molecular flexibility index (Phi) is 5.65. The van der Waals surface area contributed by atoms with Gasteiger partial charge < -0.3 is 4.90 Å². The summed E-state index contributed by atoms with van der Waals surface area (Å²) in [4.78, 5) is 22.6.